The molecule has 0 spiro atoms. The van der Waals surface area contributed by atoms with E-state index in [4.69, 9.17) is 9.47 Å². The number of rotatable bonds is 6. The van der Waals surface area contributed by atoms with Gasteiger partial charge in [0.15, 0.2) is 11.4 Å². The van der Waals surface area contributed by atoms with Gasteiger partial charge < -0.3 is 14.8 Å². The third-order valence-electron chi connectivity index (χ3n) is 4.99. The molecular formula is C22H19F3N4O4. The van der Waals surface area contributed by atoms with E-state index in [-0.39, 0.29) is 23.7 Å². The standard InChI is InChI=1S/C22H19F3N4O4/c1-32-18-13-29(17-7-3-5-15(11-17)22(23,24)25)27-19(18)20(30)26-12-14-4-2-6-16(10-14)28-8-9-33-21(28)31/h2-7,10-11,13H,8-9,12H2,1H3,(H,26,30). The van der Waals surface area contributed by atoms with Gasteiger partial charge in [-0.1, -0.05) is 18.2 Å². The van der Waals surface area contributed by atoms with Crippen molar-refractivity contribution in [2.24, 2.45) is 0 Å². The number of methoxy groups -OCH3 is 1. The van der Waals surface area contributed by atoms with Crippen molar-refractivity contribution in [2.75, 3.05) is 25.2 Å². The van der Waals surface area contributed by atoms with Crippen molar-refractivity contribution in [3.63, 3.8) is 0 Å². The summed E-state index contributed by atoms with van der Waals surface area (Å²) < 4.78 is 50.4. The molecule has 1 saturated heterocycles. The average Bonchev–Trinajstić information content (AvgIpc) is 3.43. The van der Waals surface area contributed by atoms with E-state index in [0.29, 0.717) is 18.8 Å². The average molecular weight is 460 g/mol. The summed E-state index contributed by atoms with van der Waals surface area (Å²) in [5.41, 5.74) is 0.608. The minimum absolute atomic E-state index is 0.0748. The fourth-order valence-corrected chi connectivity index (χ4v) is 3.35. The van der Waals surface area contributed by atoms with Crippen molar-refractivity contribution in [1.82, 2.24) is 15.1 Å². The second-order valence-corrected chi connectivity index (χ2v) is 7.16. The van der Waals surface area contributed by atoms with Crippen LogP contribution < -0.4 is 15.0 Å². The quantitative estimate of drug-likeness (QED) is 0.605. The molecule has 2 heterocycles. The second-order valence-electron chi connectivity index (χ2n) is 7.16. The van der Waals surface area contributed by atoms with Crippen molar-refractivity contribution in [3.8, 4) is 11.4 Å². The Morgan fingerprint density at radius 3 is 2.64 bits per heavy atom. The van der Waals surface area contributed by atoms with Crippen molar-refractivity contribution in [1.29, 1.82) is 0 Å². The van der Waals surface area contributed by atoms with Gasteiger partial charge in [0, 0.05) is 12.2 Å². The number of nitrogens with zero attached hydrogens (tertiary/aromatic N) is 3. The lowest BCUT2D eigenvalue weighted by Crippen LogP contribution is -2.25. The van der Waals surface area contributed by atoms with E-state index in [9.17, 15) is 22.8 Å². The van der Waals surface area contributed by atoms with Gasteiger partial charge in [0.25, 0.3) is 5.91 Å². The zero-order valence-electron chi connectivity index (χ0n) is 17.4. The molecule has 1 fully saturated rings. The fraction of sp³-hybridized carbons (Fsp3) is 0.227. The molecule has 1 aliphatic rings. The van der Waals surface area contributed by atoms with Crippen molar-refractivity contribution < 1.29 is 32.2 Å². The summed E-state index contributed by atoms with van der Waals surface area (Å²) in [4.78, 5) is 26.0. The number of carbonyl (C=O) groups excluding carboxylic acids is 2. The first-order valence-electron chi connectivity index (χ1n) is 9.89. The highest BCUT2D eigenvalue weighted by Crippen LogP contribution is 2.31. The molecule has 0 radical (unpaired) electrons. The summed E-state index contributed by atoms with van der Waals surface area (Å²) in [6.07, 6.45) is -3.60. The molecular weight excluding hydrogens is 441 g/mol. The largest absolute Gasteiger partial charge is 0.493 e. The Balaban J connectivity index is 1.50. The normalized spacial score (nSPS) is 13.7. The van der Waals surface area contributed by atoms with E-state index < -0.39 is 23.7 Å². The zero-order valence-corrected chi connectivity index (χ0v) is 17.4. The number of benzene rings is 2. The molecule has 8 nitrogen and oxygen atoms in total. The molecule has 1 aliphatic heterocycles. The molecule has 1 aromatic heterocycles. The molecule has 0 bridgehead atoms. The lowest BCUT2D eigenvalue weighted by atomic mass is 10.2. The summed E-state index contributed by atoms with van der Waals surface area (Å²) >= 11 is 0. The highest BCUT2D eigenvalue weighted by molar-refractivity contribution is 5.95. The third kappa shape index (κ3) is 4.76. The Labute approximate surface area is 186 Å². The molecule has 33 heavy (non-hydrogen) atoms. The van der Waals surface area contributed by atoms with E-state index in [1.807, 2.05) is 0 Å². The molecule has 2 aromatic carbocycles. The molecule has 4 rings (SSSR count). The maximum absolute atomic E-state index is 13.0. The van der Waals surface area contributed by atoms with Crippen LogP contribution in [0.15, 0.2) is 54.7 Å². The summed E-state index contributed by atoms with van der Waals surface area (Å²) in [6.45, 7) is 0.891. The van der Waals surface area contributed by atoms with Crippen LogP contribution in [0.2, 0.25) is 0 Å². The number of aromatic nitrogens is 2. The molecule has 0 atom stereocenters. The molecule has 172 valence electrons. The minimum atomic E-state index is -4.51. The second kappa shape index (κ2) is 8.85. The van der Waals surface area contributed by atoms with Gasteiger partial charge in [-0.05, 0) is 35.9 Å². The molecule has 2 amide bonds. The number of cyclic esters (lactones) is 1. The van der Waals surface area contributed by atoms with Gasteiger partial charge in [-0.2, -0.15) is 18.3 Å². The Morgan fingerprint density at radius 1 is 1.18 bits per heavy atom. The number of anilines is 1. The van der Waals surface area contributed by atoms with Crippen LogP contribution in [0.25, 0.3) is 5.69 Å². The number of alkyl halides is 3. The van der Waals surface area contributed by atoms with Crippen LogP contribution in [0.1, 0.15) is 21.6 Å². The number of amides is 2. The van der Waals surface area contributed by atoms with E-state index in [1.54, 1.807) is 24.3 Å². The molecule has 1 N–H and O–H groups in total. The summed E-state index contributed by atoms with van der Waals surface area (Å²) in [7, 11) is 1.34. The monoisotopic (exact) mass is 460 g/mol. The van der Waals surface area contributed by atoms with Gasteiger partial charge in [0.05, 0.1) is 31.1 Å². The number of nitrogens with one attached hydrogen (secondary N) is 1. The van der Waals surface area contributed by atoms with Crippen LogP contribution in [-0.4, -0.2) is 42.0 Å². The molecule has 11 heteroatoms. The van der Waals surface area contributed by atoms with Crippen LogP contribution in [0.3, 0.4) is 0 Å². The van der Waals surface area contributed by atoms with Crippen LogP contribution in [0, 0.1) is 0 Å². The zero-order chi connectivity index (χ0) is 23.6. The maximum atomic E-state index is 13.0. The van der Waals surface area contributed by atoms with Crippen LogP contribution in [0.4, 0.5) is 23.7 Å². The van der Waals surface area contributed by atoms with Crippen LogP contribution >= 0.6 is 0 Å². The van der Waals surface area contributed by atoms with Crippen molar-refractivity contribution in [3.05, 3.63) is 71.5 Å². The number of ether oxygens (including phenoxy) is 2. The van der Waals surface area contributed by atoms with E-state index in [1.165, 1.54) is 30.3 Å². The molecule has 0 saturated carbocycles. The SMILES string of the molecule is COc1cn(-c2cccc(C(F)(F)F)c2)nc1C(=O)NCc1cccc(N2CCOC2=O)c1. The number of carbonyl (C=O) groups is 2. The van der Waals surface area contributed by atoms with Gasteiger partial charge in [0.2, 0.25) is 0 Å². The lowest BCUT2D eigenvalue weighted by Gasteiger charge is -2.14. The number of halogens is 3. The molecule has 3 aromatic rings. The molecule has 0 aliphatic carbocycles. The first kappa shape index (κ1) is 22.2. The maximum Gasteiger partial charge on any atom is 0.416 e. The van der Waals surface area contributed by atoms with Gasteiger partial charge >= 0.3 is 12.3 Å². The van der Waals surface area contributed by atoms with Crippen molar-refractivity contribution >= 4 is 17.7 Å². The number of hydrogen-bond acceptors (Lipinski definition) is 5. The van der Waals surface area contributed by atoms with E-state index in [0.717, 1.165) is 22.4 Å². The van der Waals surface area contributed by atoms with E-state index >= 15 is 0 Å². The topological polar surface area (TPSA) is 85.7 Å². The summed E-state index contributed by atoms with van der Waals surface area (Å²) in [6, 6.07) is 11.6. The third-order valence-corrected chi connectivity index (χ3v) is 4.99. The van der Waals surface area contributed by atoms with Gasteiger partial charge in [-0.15, -0.1) is 0 Å². The fourth-order valence-electron chi connectivity index (χ4n) is 3.35. The minimum Gasteiger partial charge on any atom is -0.493 e. The highest BCUT2D eigenvalue weighted by atomic mass is 19.4. The first-order chi connectivity index (χ1) is 15.8. The predicted molar refractivity (Wildman–Crippen MR) is 111 cm³/mol. The predicted octanol–water partition coefficient (Wildman–Crippen LogP) is 3.79. The summed E-state index contributed by atoms with van der Waals surface area (Å²) in [5.74, 6) is -0.456. The Bertz CT molecular complexity index is 1190. The number of hydrogen-bond donors (Lipinski definition) is 1. The van der Waals surface area contributed by atoms with Gasteiger partial charge in [-0.25, -0.2) is 9.48 Å². The van der Waals surface area contributed by atoms with Gasteiger partial charge in [-0.3, -0.25) is 9.69 Å². The Hall–Kier alpha value is -4.02. The summed E-state index contributed by atoms with van der Waals surface area (Å²) in [5, 5.41) is 6.83. The Kier molecular flexibility index (Phi) is 5.95. The molecule has 0 unspecified atom stereocenters. The first-order valence-corrected chi connectivity index (χ1v) is 9.89. The van der Waals surface area contributed by atoms with Gasteiger partial charge in [0.1, 0.15) is 6.61 Å². The highest BCUT2D eigenvalue weighted by Gasteiger charge is 2.31. The van der Waals surface area contributed by atoms with Crippen LogP contribution in [0.5, 0.6) is 5.75 Å². The lowest BCUT2D eigenvalue weighted by molar-refractivity contribution is -0.137. The van der Waals surface area contributed by atoms with E-state index in [2.05, 4.69) is 10.4 Å². The van der Waals surface area contributed by atoms with Crippen LogP contribution in [-0.2, 0) is 17.5 Å². The smallest absolute Gasteiger partial charge is 0.416 e. The Morgan fingerprint density at radius 2 is 1.94 bits per heavy atom. The van der Waals surface area contributed by atoms with Crippen molar-refractivity contribution in [2.45, 2.75) is 12.7 Å².